The number of nitrogens with zero attached hydrogens (tertiary/aromatic N) is 3. The van der Waals surface area contributed by atoms with Crippen molar-refractivity contribution < 1.29 is 30.0 Å². The summed E-state index contributed by atoms with van der Waals surface area (Å²) >= 11 is 1.69. The van der Waals surface area contributed by atoms with Crippen LogP contribution < -0.4 is 0 Å². The van der Waals surface area contributed by atoms with Crippen LogP contribution in [0.25, 0.3) is 42.8 Å². The van der Waals surface area contributed by atoms with Crippen LogP contribution in [0.4, 0.5) is 0 Å². The van der Waals surface area contributed by atoms with Crippen LogP contribution in [0.3, 0.4) is 0 Å². The van der Waals surface area contributed by atoms with Crippen LogP contribution in [-0.2, 0) is 36.7 Å². The van der Waals surface area contributed by atoms with Crippen molar-refractivity contribution in [2.24, 2.45) is 16.7 Å². The molecule has 275 valence electrons. The zero-order valence-corrected chi connectivity index (χ0v) is 35.6. The normalized spacial score (nSPS) is 12.5. The summed E-state index contributed by atoms with van der Waals surface area (Å²) in [6.45, 7) is 23.3. The van der Waals surface area contributed by atoms with Crippen LogP contribution >= 0.6 is 11.3 Å². The zero-order valence-electron chi connectivity index (χ0n) is 32.4. The summed E-state index contributed by atoms with van der Waals surface area (Å²) in [6, 6.07) is 22.9. The fraction of sp³-hybridized carbons (Fsp3) is 0.455. The zero-order chi connectivity index (χ0) is 36.9. The quantitative estimate of drug-likeness (QED) is 0.0812. The third-order valence-corrected chi connectivity index (χ3v) is 11.5. The van der Waals surface area contributed by atoms with E-state index in [0.29, 0.717) is 5.92 Å². The van der Waals surface area contributed by atoms with Gasteiger partial charge >= 0.3 is 0 Å². The summed E-state index contributed by atoms with van der Waals surface area (Å²) in [6.07, 6.45) is 7.41. The number of ketones is 1. The third-order valence-electron chi connectivity index (χ3n) is 10.4. The fourth-order valence-electron chi connectivity index (χ4n) is 5.93. The number of pyridine rings is 1. The number of rotatable bonds is 11. The third kappa shape index (κ3) is 10.0. The van der Waals surface area contributed by atoms with E-state index in [1.54, 1.807) is 17.7 Å². The van der Waals surface area contributed by atoms with E-state index >= 15 is 0 Å². The van der Waals surface area contributed by atoms with Crippen LogP contribution in [0.5, 0.6) is 0 Å². The maximum Gasteiger partial charge on any atom is 0.164 e. The van der Waals surface area contributed by atoms with E-state index in [1.807, 2.05) is 41.5 Å². The molecule has 0 unspecified atom stereocenters. The van der Waals surface area contributed by atoms with Gasteiger partial charge in [-0.2, -0.15) is 0 Å². The number of carbonyl (C=O) groups excluding carboxylic acids is 1. The van der Waals surface area contributed by atoms with E-state index in [1.165, 1.54) is 17.0 Å². The molecule has 5 nitrogen and oxygen atoms in total. The minimum Gasteiger partial charge on any atom is -0.512 e. The SMILES string of the molecule is CC(C)Cc1ccc2cc(-c3cc(-c4[c-]c5ccccc5c(C(C)(C)C)c4)ncn3)sc2n1.CCC(C)(CC)C(=O)/C=C(\O)C(C)(CC)CC.[Ir]. The molecule has 1 N–H and O–H groups in total. The first-order chi connectivity index (χ1) is 23.6. The van der Waals surface area contributed by atoms with Crippen molar-refractivity contribution in [1.29, 1.82) is 0 Å². The number of hydrogen-bond acceptors (Lipinski definition) is 6. The topological polar surface area (TPSA) is 76.0 Å². The summed E-state index contributed by atoms with van der Waals surface area (Å²) in [5.41, 5.74) is 4.68. The van der Waals surface area contributed by atoms with Crippen LogP contribution in [0.15, 0.2) is 72.8 Å². The molecule has 0 fully saturated rings. The summed E-state index contributed by atoms with van der Waals surface area (Å²) in [7, 11) is 0. The molecule has 5 rings (SSSR count). The standard InChI is InChI=1S/C29H28N3S.C15H28O2.Ir/c1-18(2)12-22-11-10-20-15-27(33-28(20)32-22)26-16-25(30-17-31-26)21-13-19-8-6-7-9-23(19)24(14-21)29(3,4)5;1-7-14(5,8-2)12(16)11-13(17)15(6,9-3)10-4;/h6-11,14-18H,12H2,1-5H3;11,16H,7-10H2,1-6H3;/q-1;;/b;12-11-;. The molecule has 0 aliphatic heterocycles. The van der Waals surface area contributed by atoms with Crippen molar-refractivity contribution in [2.75, 3.05) is 0 Å². The monoisotopic (exact) mass is 883 g/mol. The molecule has 0 saturated carbocycles. The number of aliphatic hydroxyl groups is 1. The first kappa shape index (κ1) is 42.2. The molecule has 0 atom stereocenters. The Bertz CT molecular complexity index is 1960. The number of hydrogen-bond donors (Lipinski definition) is 1. The number of fused-ring (bicyclic) bond motifs is 2. The molecule has 0 saturated heterocycles. The Kier molecular flexibility index (Phi) is 14.5. The molecule has 0 amide bonds. The van der Waals surface area contributed by atoms with Gasteiger partial charge in [-0.1, -0.05) is 111 Å². The van der Waals surface area contributed by atoms with E-state index in [-0.39, 0.29) is 47.9 Å². The molecule has 0 spiro atoms. The van der Waals surface area contributed by atoms with Gasteiger partial charge < -0.3 is 5.11 Å². The van der Waals surface area contributed by atoms with Gasteiger partial charge in [-0.15, -0.1) is 40.5 Å². The molecule has 0 bridgehead atoms. The first-order valence-electron chi connectivity index (χ1n) is 18.2. The molecule has 51 heavy (non-hydrogen) atoms. The van der Waals surface area contributed by atoms with Gasteiger partial charge in [-0.25, -0.2) is 9.97 Å². The van der Waals surface area contributed by atoms with Gasteiger partial charge in [0.25, 0.3) is 0 Å². The second-order valence-corrected chi connectivity index (χ2v) is 16.5. The largest absolute Gasteiger partial charge is 0.512 e. The predicted molar refractivity (Wildman–Crippen MR) is 213 cm³/mol. The Morgan fingerprint density at radius 3 is 2.10 bits per heavy atom. The van der Waals surface area contributed by atoms with Crippen molar-refractivity contribution in [3.63, 3.8) is 0 Å². The number of aromatic nitrogens is 3. The summed E-state index contributed by atoms with van der Waals surface area (Å²) in [4.78, 5) is 28.4. The average Bonchev–Trinajstić information content (AvgIpc) is 3.53. The molecule has 0 aliphatic carbocycles. The van der Waals surface area contributed by atoms with Crippen molar-refractivity contribution in [1.82, 2.24) is 15.0 Å². The number of benzene rings is 2. The maximum atomic E-state index is 12.2. The Hall–Kier alpha value is -3.25. The van der Waals surface area contributed by atoms with Gasteiger partial charge in [-0.3, -0.25) is 9.78 Å². The molecule has 2 aromatic carbocycles. The van der Waals surface area contributed by atoms with Crippen LogP contribution in [0.1, 0.15) is 113 Å². The minimum atomic E-state index is -0.337. The Balaban J connectivity index is 0.000000335. The summed E-state index contributed by atoms with van der Waals surface area (Å²) < 4.78 is 0. The van der Waals surface area contributed by atoms with Gasteiger partial charge in [0, 0.05) is 53.8 Å². The van der Waals surface area contributed by atoms with Gasteiger partial charge in [0.05, 0.1) is 10.6 Å². The number of aliphatic hydroxyl groups excluding tert-OH is 1. The number of allylic oxidation sites excluding steroid dienone is 2. The molecule has 3 aromatic heterocycles. The van der Waals surface area contributed by atoms with E-state index in [9.17, 15) is 9.90 Å². The van der Waals surface area contributed by atoms with Crippen molar-refractivity contribution in [2.45, 2.75) is 114 Å². The van der Waals surface area contributed by atoms with Gasteiger partial charge in [0.2, 0.25) is 0 Å². The molecule has 7 heteroatoms. The molecule has 5 aromatic rings. The molecular weight excluding hydrogens is 827 g/mol. The van der Waals surface area contributed by atoms with Crippen molar-refractivity contribution in [3.8, 4) is 21.8 Å². The number of carbonyl (C=O) groups is 1. The first-order valence-corrected chi connectivity index (χ1v) is 19.0. The molecule has 1 radical (unpaired) electrons. The fourth-order valence-corrected chi connectivity index (χ4v) is 6.94. The Morgan fingerprint density at radius 2 is 1.49 bits per heavy atom. The van der Waals surface area contributed by atoms with E-state index in [4.69, 9.17) is 4.98 Å². The Morgan fingerprint density at radius 1 is 0.863 bits per heavy atom. The second kappa shape index (κ2) is 17.5. The van der Waals surface area contributed by atoms with Gasteiger partial charge in [0.15, 0.2) is 5.78 Å². The average molecular weight is 883 g/mol. The number of thiophene rings is 1. The molecular formula is C44H56IrN3O2S-. The smallest absolute Gasteiger partial charge is 0.164 e. The maximum absolute atomic E-state index is 12.2. The summed E-state index contributed by atoms with van der Waals surface area (Å²) in [5.74, 6) is 0.878. The molecule has 3 heterocycles. The van der Waals surface area contributed by atoms with E-state index < -0.39 is 0 Å². The van der Waals surface area contributed by atoms with Crippen LogP contribution in [-0.4, -0.2) is 25.8 Å². The van der Waals surface area contributed by atoms with Crippen molar-refractivity contribution >= 4 is 38.1 Å². The van der Waals surface area contributed by atoms with Crippen molar-refractivity contribution in [3.05, 3.63) is 90.1 Å². The van der Waals surface area contributed by atoms with Gasteiger partial charge in [0.1, 0.15) is 16.9 Å². The van der Waals surface area contributed by atoms with Gasteiger partial charge in [-0.05, 0) is 61.6 Å². The second-order valence-electron chi connectivity index (χ2n) is 15.5. The van der Waals surface area contributed by atoms with E-state index in [2.05, 4.69) is 105 Å². The Labute approximate surface area is 323 Å². The minimum absolute atomic E-state index is 0. The predicted octanol–water partition coefficient (Wildman–Crippen LogP) is 12.5. The van der Waals surface area contributed by atoms with Crippen LogP contribution in [0.2, 0.25) is 0 Å². The summed E-state index contributed by atoms with van der Waals surface area (Å²) in [5, 5.41) is 13.7. The van der Waals surface area contributed by atoms with E-state index in [0.717, 1.165) is 75.2 Å². The van der Waals surface area contributed by atoms with Crippen LogP contribution in [0, 0.1) is 22.8 Å². The molecule has 0 aliphatic rings.